The molecule has 3 heteroatoms. The third-order valence-corrected chi connectivity index (χ3v) is 3.89. The van der Waals surface area contributed by atoms with Gasteiger partial charge in [0.1, 0.15) is 0 Å². The third-order valence-electron chi connectivity index (χ3n) is 2.26. The van der Waals surface area contributed by atoms with Crippen LogP contribution in [0.4, 0.5) is 0 Å². The van der Waals surface area contributed by atoms with Gasteiger partial charge in [0.2, 0.25) is 0 Å². The third kappa shape index (κ3) is 1.92. The molecule has 15 heavy (non-hydrogen) atoms. The molecule has 0 atom stereocenters. The van der Waals surface area contributed by atoms with Crippen molar-refractivity contribution in [2.45, 2.75) is 13.8 Å². The van der Waals surface area contributed by atoms with E-state index in [2.05, 4.69) is 0 Å². The average Bonchev–Trinajstić information content (AvgIpc) is 2.61. The molecule has 0 saturated heterocycles. The van der Waals surface area contributed by atoms with Crippen LogP contribution in [0, 0.1) is 5.92 Å². The smallest absolute Gasteiger partial charge is 0.175 e. The Morgan fingerprint density at radius 2 is 2.13 bits per heavy atom. The number of fused-ring (bicyclic) bond motifs is 1. The molecule has 0 bridgehead atoms. The summed E-state index contributed by atoms with van der Waals surface area (Å²) in [7, 11) is 0. The number of thiophene rings is 1. The van der Waals surface area contributed by atoms with E-state index in [0.717, 1.165) is 20.0 Å². The van der Waals surface area contributed by atoms with E-state index < -0.39 is 0 Å². The van der Waals surface area contributed by atoms with Crippen molar-refractivity contribution < 1.29 is 4.79 Å². The molecule has 0 aliphatic carbocycles. The standard InChI is InChI=1S/C12H11ClOS/c1-7(2)11(14)10-6-8-4-3-5-9(13)12(8)15-10/h3-7H,1-2H3. The van der Waals surface area contributed by atoms with Crippen LogP contribution in [0.5, 0.6) is 0 Å². The highest BCUT2D eigenvalue weighted by Crippen LogP contribution is 2.32. The van der Waals surface area contributed by atoms with Crippen molar-refractivity contribution in [3.05, 3.63) is 34.2 Å². The van der Waals surface area contributed by atoms with Gasteiger partial charge in [0.15, 0.2) is 5.78 Å². The molecule has 2 aromatic rings. The van der Waals surface area contributed by atoms with E-state index in [1.165, 1.54) is 11.3 Å². The van der Waals surface area contributed by atoms with E-state index >= 15 is 0 Å². The number of rotatable bonds is 2. The SMILES string of the molecule is CC(C)C(=O)c1cc2cccc(Cl)c2s1. The molecule has 2 rings (SSSR count). The summed E-state index contributed by atoms with van der Waals surface area (Å²) in [6.45, 7) is 3.82. The van der Waals surface area contributed by atoms with Crippen LogP contribution in [0.1, 0.15) is 23.5 Å². The van der Waals surface area contributed by atoms with Crippen molar-refractivity contribution >= 4 is 38.8 Å². The lowest BCUT2D eigenvalue weighted by atomic mass is 10.1. The van der Waals surface area contributed by atoms with Crippen LogP contribution in [-0.2, 0) is 0 Å². The maximum Gasteiger partial charge on any atom is 0.175 e. The Labute approximate surface area is 97.7 Å². The number of halogens is 1. The van der Waals surface area contributed by atoms with Gasteiger partial charge in [-0.1, -0.05) is 37.6 Å². The lowest BCUT2D eigenvalue weighted by Crippen LogP contribution is -2.04. The van der Waals surface area contributed by atoms with Gasteiger partial charge in [-0.3, -0.25) is 4.79 Å². The highest BCUT2D eigenvalue weighted by Gasteiger charge is 2.14. The molecule has 1 nitrogen and oxygen atoms in total. The van der Waals surface area contributed by atoms with Gasteiger partial charge in [-0.2, -0.15) is 0 Å². The maximum absolute atomic E-state index is 11.8. The Bertz CT molecular complexity index is 513. The van der Waals surface area contributed by atoms with Crippen LogP contribution in [0.15, 0.2) is 24.3 Å². The minimum atomic E-state index is 0.0387. The van der Waals surface area contributed by atoms with Gasteiger partial charge in [-0.15, -0.1) is 11.3 Å². The molecule has 0 N–H and O–H groups in total. The molecule has 0 fully saturated rings. The second-order valence-corrected chi connectivity index (χ2v) is 5.25. The number of Topliss-reactive ketones (excluding diaryl/α,β-unsaturated/α-hetero) is 1. The Morgan fingerprint density at radius 1 is 1.40 bits per heavy atom. The largest absolute Gasteiger partial charge is 0.293 e. The minimum absolute atomic E-state index is 0.0387. The van der Waals surface area contributed by atoms with Crippen LogP contribution in [0.2, 0.25) is 5.02 Å². The summed E-state index contributed by atoms with van der Waals surface area (Å²) in [6.07, 6.45) is 0. The number of hydrogen-bond donors (Lipinski definition) is 0. The number of ketones is 1. The van der Waals surface area contributed by atoms with Gasteiger partial charge in [-0.25, -0.2) is 0 Å². The predicted molar refractivity (Wildman–Crippen MR) is 66.0 cm³/mol. The normalized spacial score (nSPS) is 11.2. The Morgan fingerprint density at radius 3 is 2.73 bits per heavy atom. The van der Waals surface area contributed by atoms with Gasteiger partial charge >= 0.3 is 0 Å². The molecule has 1 aromatic carbocycles. The van der Waals surface area contributed by atoms with Gasteiger partial charge in [0, 0.05) is 5.92 Å². The molecule has 1 heterocycles. The van der Waals surface area contributed by atoms with E-state index in [0.29, 0.717) is 0 Å². The first-order chi connectivity index (χ1) is 7.09. The van der Waals surface area contributed by atoms with E-state index in [1.54, 1.807) is 0 Å². The zero-order valence-corrected chi connectivity index (χ0v) is 10.2. The molecular weight excluding hydrogens is 228 g/mol. The first kappa shape index (κ1) is 10.7. The van der Waals surface area contributed by atoms with E-state index in [-0.39, 0.29) is 11.7 Å². The fraction of sp³-hybridized carbons (Fsp3) is 0.250. The summed E-state index contributed by atoms with van der Waals surface area (Å²) in [6, 6.07) is 7.66. The zero-order valence-electron chi connectivity index (χ0n) is 8.58. The highest BCUT2D eigenvalue weighted by atomic mass is 35.5. The Balaban J connectivity index is 2.57. The fourth-order valence-corrected chi connectivity index (χ4v) is 2.88. The number of carbonyl (C=O) groups is 1. The summed E-state index contributed by atoms with van der Waals surface area (Å²) in [5.74, 6) is 0.226. The average molecular weight is 239 g/mol. The molecule has 0 amide bonds. The second-order valence-electron chi connectivity index (χ2n) is 3.79. The lowest BCUT2D eigenvalue weighted by molar-refractivity contribution is 0.0943. The summed E-state index contributed by atoms with van der Waals surface area (Å²) in [4.78, 5) is 12.6. The minimum Gasteiger partial charge on any atom is -0.293 e. The molecule has 1 aromatic heterocycles. The van der Waals surface area contributed by atoms with E-state index in [9.17, 15) is 4.79 Å². The van der Waals surface area contributed by atoms with Crippen molar-refractivity contribution in [3.63, 3.8) is 0 Å². The van der Waals surface area contributed by atoms with Gasteiger partial charge in [-0.05, 0) is 17.5 Å². The van der Waals surface area contributed by atoms with Crippen LogP contribution >= 0.6 is 22.9 Å². The van der Waals surface area contributed by atoms with Crippen LogP contribution in [-0.4, -0.2) is 5.78 Å². The maximum atomic E-state index is 11.8. The number of hydrogen-bond acceptors (Lipinski definition) is 2. The predicted octanol–water partition coefficient (Wildman–Crippen LogP) is 4.39. The first-order valence-electron chi connectivity index (χ1n) is 4.82. The Hall–Kier alpha value is -0.860. The Kier molecular flexibility index (Phi) is 2.81. The first-order valence-corrected chi connectivity index (χ1v) is 6.01. The molecule has 0 radical (unpaired) electrons. The van der Waals surface area contributed by atoms with E-state index in [4.69, 9.17) is 11.6 Å². The molecular formula is C12H11ClOS. The van der Waals surface area contributed by atoms with Gasteiger partial charge in [0.05, 0.1) is 14.6 Å². The molecule has 0 unspecified atom stereocenters. The highest BCUT2D eigenvalue weighted by molar-refractivity contribution is 7.21. The molecule has 0 aliphatic rings. The van der Waals surface area contributed by atoms with Gasteiger partial charge < -0.3 is 0 Å². The molecule has 0 saturated carbocycles. The number of benzene rings is 1. The van der Waals surface area contributed by atoms with Crippen molar-refractivity contribution in [3.8, 4) is 0 Å². The summed E-state index contributed by atoms with van der Waals surface area (Å²) in [5, 5.41) is 1.77. The van der Waals surface area contributed by atoms with Crippen molar-refractivity contribution in [1.82, 2.24) is 0 Å². The summed E-state index contributed by atoms with van der Waals surface area (Å²) in [5.41, 5.74) is 0. The molecule has 0 spiro atoms. The van der Waals surface area contributed by atoms with E-state index in [1.807, 2.05) is 38.1 Å². The van der Waals surface area contributed by atoms with Crippen LogP contribution in [0.25, 0.3) is 10.1 Å². The van der Waals surface area contributed by atoms with Crippen LogP contribution < -0.4 is 0 Å². The van der Waals surface area contributed by atoms with Crippen LogP contribution in [0.3, 0.4) is 0 Å². The van der Waals surface area contributed by atoms with Crippen molar-refractivity contribution in [2.24, 2.45) is 5.92 Å². The monoisotopic (exact) mass is 238 g/mol. The number of carbonyl (C=O) groups excluding carboxylic acids is 1. The van der Waals surface area contributed by atoms with Crippen molar-refractivity contribution in [2.75, 3.05) is 0 Å². The quantitative estimate of drug-likeness (QED) is 0.709. The topological polar surface area (TPSA) is 17.1 Å². The molecule has 78 valence electrons. The van der Waals surface area contributed by atoms with Gasteiger partial charge in [0.25, 0.3) is 0 Å². The lowest BCUT2D eigenvalue weighted by Gasteiger charge is -1.98. The zero-order chi connectivity index (χ0) is 11.0. The second kappa shape index (κ2) is 3.95. The summed E-state index contributed by atoms with van der Waals surface area (Å²) < 4.78 is 1.00. The summed E-state index contributed by atoms with van der Waals surface area (Å²) >= 11 is 7.53. The van der Waals surface area contributed by atoms with Crippen molar-refractivity contribution in [1.29, 1.82) is 0 Å². The molecule has 0 aliphatic heterocycles. The fourth-order valence-electron chi connectivity index (χ4n) is 1.43.